The maximum Gasteiger partial charge on any atom is 0.238 e. The second-order valence-electron chi connectivity index (χ2n) is 8.33. The minimum Gasteiger partial charge on any atom is -0.356 e. The van der Waals surface area contributed by atoms with E-state index in [4.69, 9.17) is 0 Å². The number of para-hydroxylation sites is 1. The molecule has 150 valence electrons. The molecule has 5 nitrogen and oxygen atoms in total. The van der Waals surface area contributed by atoms with E-state index in [2.05, 4.69) is 61.4 Å². The van der Waals surface area contributed by atoms with Gasteiger partial charge in [0.25, 0.3) is 0 Å². The molecule has 1 aromatic carbocycles. The van der Waals surface area contributed by atoms with E-state index in [-0.39, 0.29) is 11.8 Å². The lowest BCUT2D eigenvalue weighted by Crippen LogP contribution is -2.41. The fourth-order valence-electron chi connectivity index (χ4n) is 3.71. The average molecular weight is 374 g/mol. The lowest BCUT2D eigenvalue weighted by atomic mass is 9.92. The van der Waals surface area contributed by atoms with Crippen LogP contribution >= 0.6 is 0 Å². The molecule has 2 rings (SSSR count). The second-order valence-corrected chi connectivity index (χ2v) is 8.33. The van der Waals surface area contributed by atoms with Crippen LogP contribution in [0.5, 0.6) is 0 Å². The first kappa shape index (κ1) is 21.4. The topological polar surface area (TPSA) is 61.4 Å². The summed E-state index contributed by atoms with van der Waals surface area (Å²) in [5, 5.41) is 6.10. The quantitative estimate of drug-likeness (QED) is 0.766. The molecule has 1 aliphatic rings. The summed E-state index contributed by atoms with van der Waals surface area (Å²) in [4.78, 5) is 26.0. The van der Waals surface area contributed by atoms with Crippen molar-refractivity contribution in [3.8, 4) is 0 Å². The average Bonchev–Trinajstić information content (AvgIpc) is 2.60. The van der Waals surface area contributed by atoms with E-state index in [0.29, 0.717) is 24.3 Å². The predicted molar refractivity (Wildman–Crippen MR) is 111 cm³/mol. The highest BCUT2D eigenvalue weighted by Gasteiger charge is 2.22. The normalized spacial score (nSPS) is 16.0. The Morgan fingerprint density at radius 1 is 1.07 bits per heavy atom. The van der Waals surface area contributed by atoms with Crippen molar-refractivity contribution in [2.24, 2.45) is 5.92 Å². The fourth-order valence-corrected chi connectivity index (χ4v) is 3.71. The number of hydrogen-bond donors (Lipinski definition) is 2. The molecule has 2 N–H and O–H groups in total. The van der Waals surface area contributed by atoms with Crippen molar-refractivity contribution in [3.05, 3.63) is 29.3 Å². The van der Waals surface area contributed by atoms with Gasteiger partial charge in [-0.05, 0) is 54.8 Å². The van der Waals surface area contributed by atoms with Gasteiger partial charge in [0.1, 0.15) is 0 Å². The number of likely N-dealkylation sites (tertiary alicyclic amines) is 1. The summed E-state index contributed by atoms with van der Waals surface area (Å²) in [5.41, 5.74) is 3.39. The molecule has 1 heterocycles. The zero-order chi connectivity index (χ0) is 20.0. The summed E-state index contributed by atoms with van der Waals surface area (Å²) in [6.07, 6.45) is 2.04. The van der Waals surface area contributed by atoms with Crippen LogP contribution < -0.4 is 10.6 Å². The van der Waals surface area contributed by atoms with Gasteiger partial charge in [-0.3, -0.25) is 14.5 Å². The Bertz CT molecular complexity index is 621. The molecule has 1 fully saturated rings. The summed E-state index contributed by atoms with van der Waals surface area (Å²) in [6, 6.07) is 6.31. The molecule has 0 bridgehead atoms. The Hall–Kier alpha value is -1.88. The Morgan fingerprint density at radius 3 is 2.11 bits per heavy atom. The number of hydrogen-bond acceptors (Lipinski definition) is 3. The monoisotopic (exact) mass is 373 g/mol. The van der Waals surface area contributed by atoms with Crippen molar-refractivity contribution >= 4 is 17.5 Å². The smallest absolute Gasteiger partial charge is 0.238 e. The van der Waals surface area contributed by atoms with Crippen LogP contribution in [-0.4, -0.2) is 42.9 Å². The molecule has 0 aliphatic carbocycles. The van der Waals surface area contributed by atoms with E-state index in [1.165, 1.54) is 11.1 Å². The van der Waals surface area contributed by atoms with E-state index in [1.54, 1.807) is 6.92 Å². The Balaban J connectivity index is 1.94. The van der Waals surface area contributed by atoms with Crippen LogP contribution in [0.2, 0.25) is 0 Å². The number of amides is 2. The van der Waals surface area contributed by atoms with Crippen LogP contribution in [0.15, 0.2) is 18.2 Å². The van der Waals surface area contributed by atoms with Crippen LogP contribution in [-0.2, 0) is 9.59 Å². The SMILES string of the molecule is CC(=O)NCC1CCN(CC(=O)Nc2c(C(C)C)cccc2C(C)C)CC1. The van der Waals surface area contributed by atoms with Crippen LogP contribution in [0.4, 0.5) is 5.69 Å². The van der Waals surface area contributed by atoms with Crippen molar-refractivity contribution in [3.63, 3.8) is 0 Å². The van der Waals surface area contributed by atoms with Crippen LogP contribution in [0.25, 0.3) is 0 Å². The number of benzene rings is 1. The molecule has 0 unspecified atom stereocenters. The Kier molecular flexibility index (Phi) is 7.84. The predicted octanol–water partition coefficient (Wildman–Crippen LogP) is 3.72. The fraction of sp³-hybridized carbons (Fsp3) is 0.636. The van der Waals surface area contributed by atoms with Gasteiger partial charge in [0.05, 0.1) is 6.54 Å². The first-order chi connectivity index (χ1) is 12.8. The molecule has 5 heteroatoms. The van der Waals surface area contributed by atoms with Crippen molar-refractivity contribution < 1.29 is 9.59 Å². The second kappa shape index (κ2) is 9.88. The van der Waals surface area contributed by atoms with E-state index in [0.717, 1.165) is 38.2 Å². The summed E-state index contributed by atoms with van der Waals surface area (Å²) in [6.45, 7) is 13.2. The van der Waals surface area contributed by atoms with E-state index in [9.17, 15) is 9.59 Å². The lowest BCUT2D eigenvalue weighted by molar-refractivity contribution is -0.119. The van der Waals surface area contributed by atoms with Gasteiger partial charge in [-0.2, -0.15) is 0 Å². The Labute approximate surface area is 163 Å². The van der Waals surface area contributed by atoms with Gasteiger partial charge in [0.2, 0.25) is 11.8 Å². The van der Waals surface area contributed by atoms with Crippen molar-refractivity contribution in [1.29, 1.82) is 0 Å². The third-order valence-electron chi connectivity index (χ3n) is 5.35. The maximum atomic E-state index is 12.7. The zero-order valence-corrected chi connectivity index (χ0v) is 17.5. The molecule has 0 aromatic heterocycles. The molecule has 1 aromatic rings. The highest BCUT2D eigenvalue weighted by molar-refractivity contribution is 5.94. The molecular weight excluding hydrogens is 338 g/mol. The van der Waals surface area contributed by atoms with E-state index in [1.807, 2.05) is 0 Å². The van der Waals surface area contributed by atoms with E-state index < -0.39 is 0 Å². The molecule has 0 saturated carbocycles. The van der Waals surface area contributed by atoms with Gasteiger partial charge < -0.3 is 10.6 Å². The highest BCUT2D eigenvalue weighted by Crippen LogP contribution is 2.32. The zero-order valence-electron chi connectivity index (χ0n) is 17.5. The molecule has 0 radical (unpaired) electrons. The van der Waals surface area contributed by atoms with Crippen molar-refractivity contribution in [2.45, 2.75) is 59.3 Å². The first-order valence-electron chi connectivity index (χ1n) is 10.2. The summed E-state index contributed by atoms with van der Waals surface area (Å²) in [7, 11) is 0. The van der Waals surface area contributed by atoms with Crippen molar-refractivity contribution in [2.75, 3.05) is 31.5 Å². The highest BCUT2D eigenvalue weighted by atomic mass is 16.2. The van der Waals surface area contributed by atoms with Gasteiger partial charge in [-0.25, -0.2) is 0 Å². The number of nitrogens with zero attached hydrogens (tertiary/aromatic N) is 1. The number of nitrogens with one attached hydrogen (secondary N) is 2. The summed E-state index contributed by atoms with van der Waals surface area (Å²) in [5.74, 6) is 1.33. The lowest BCUT2D eigenvalue weighted by Gasteiger charge is -2.31. The number of piperidine rings is 1. The van der Waals surface area contributed by atoms with Crippen molar-refractivity contribution in [1.82, 2.24) is 10.2 Å². The molecular formula is C22H35N3O2. The number of carbonyl (C=O) groups excluding carboxylic acids is 2. The third-order valence-corrected chi connectivity index (χ3v) is 5.35. The minimum absolute atomic E-state index is 0.0292. The number of anilines is 1. The molecule has 1 aliphatic heterocycles. The first-order valence-corrected chi connectivity index (χ1v) is 10.2. The van der Waals surface area contributed by atoms with Gasteiger partial charge in [0.15, 0.2) is 0 Å². The molecule has 0 spiro atoms. The summed E-state index contributed by atoms with van der Waals surface area (Å²) >= 11 is 0. The standard InChI is InChI=1S/C22H35N3O2/c1-15(2)19-7-6-8-20(16(3)4)22(19)24-21(27)14-25-11-9-18(10-12-25)13-23-17(5)26/h6-8,15-16,18H,9-14H2,1-5H3,(H,23,26)(H,24,27). The Morgan fingerprint density at radius 2 is 1.63 bits per heavy atom. The summed E-state index contributed by atoms with van der Waals surface area (Å²) < 4.78 is 0. The van der Waals surface area contributed by atoms with Gasteiger partial charge in [-0.15, -0.1) is 0 Å². The third kappa shape index (κ3) is 6.35. The molecule has 0 atom stereocenters. The van der Waals surface area contributed by atoms with Crippen LogP contribution in [0, 0.1) is 5.92 Å². The van der Waals surface area contributed by atoms with E-state index >= 15 is 0 Å². The largest absolute Gasteiger partial charge is 0.356 e. The van der Waals surface area contributed by atoms with Gasteiger partial charge in [-0.1, -0.05) is 45.9 Å². The molecule has 2 amide bonds. The minimum atomic E-state index is 0.0292. The van der Waals surface area contributed by atoms with Crippen LogP contribution in [0.3, 0.4) is 0 Å². The number of rotatable bonds is 7. The van der Waals surface area contributed by atoms with Gasteiger partial charge >= 0.3 is 0 Å². The molecule has 27 heavy (non-hydrogen) atoms. The molecule has 1 saturated heterocycles. The van der Waals surface area contributed by atoms with Gasteiger partial charge in [0, 0.05) is 19.2 Å². The number of carbonyl (C=O) groups is 2. The van der Waals surface area contributed by atoms with Crippen LogP contribution in [0.1, 0.15) is 70.4 Å². The maximum absolute atomic E-state index is 12.7.